The molecule has 1 aromatic carbocycles. The Hall–Kier alpha value is -1.35. The first-order valence-corrected chi connectivity index (χ1v) is 6.81. The predicted octanol–water partition coefficient (Wildman–Crippen LogP) is 1.91. The van der Waals surface area contributed by atoms with Crippen LogP contribution in [0.15, 0.2) is 24.3 Å². The van der Waals surface area contributed by atoms with Crippen LogP contribution in [-0.2, 0) is 17.8 Å². The van der Waals surface area contributed by atoms with Gasteiger partial charge < -0.3 is 4.90 Å². The Morgan fingerprint density at radius 1 is 1.22 bits per heavy atom. The van der Waals surface area contributed by atoms with Gasteiger partial charge >= 0.3 is 0 Å². The molecule has 3 nitrogen and oxygen atoms in total. The fraction of sp³-hybridized carbons (Fsp3) is 0.533. The third-order valence-electron chi connectivity index (χ3n) is 3.74. The van der Waals surface area contributed by atoms with E-state index in [1.807, 2.05) is 4.90 Å². The summed E-state index contributed by atoms with van der Waals surface area (Å²) in [5, 5.41) is 0. The summed E-state index contributed by atoms with van der Waals surface area (Å²) < 4.78 is 0. The van der Waals surface area contributed by atoms with E-state index in [0.717, 1.165) is 32.6 Å². The molecular weight excluding hydrogens is 224 g/mol. The Morgan fingerprint density at radius 3 is 2.56 bits per heavy atom. The van der Waals surface area contributed by atoms with Crippen LogP contribution in [0.25, 0.3) is 0 Å². The standard InChI is InChI=1S/C15H22N2O/c1-3-16(4-2)12-15(18)17-10-9-13-7-5-6-8-14(13)11-17/h5-8H,3-4,9-12H2,1-2H3. The van der Waals surface area contributed by atoms with Crippen LogP contribution in [0.1, 0.15) is 25.0 Å². The molecule has 0 saturated carbocycles. The van der Waals surface area contributed by atoms with Crippen LogP contribution in [0.5, 0.6) is 0 Å². The van der Waals surface area contributed by atoms with E-state index in [1.165, 1.54) is 11.1 Å². The minimum absolute atomic E-state index is 0.258. The number of benzene rings is 1. The SMILES string of the molecule is CCN(CC)CC(=O)N1CCc2ccccc2C1. The van der Waals surface area contributed by atoms with Crippen molar-refractivity contribution in [1.82, 2.24) is 9.80 Å². The lowest BCUT2D eigenvalue weighted by Gasteiger charge is -2.30. The van der Waals surface area contributed by atoms with Gasteiger partial charge in [-0.05, 0) is 30.6 Å². The monoisotopic (exact) mass is 246 g/mol. The molecule has 1 aliphatic heterocycles. The fourth-order valence-electron chi connectivity index (χ4n) is 2.45. The molecule has 0 saturated heterocycles. The fourth-order valence-corrected chi connectivity index (χ4v) is 2.45. The first-order chi connectivity index (χ1) is 8.74. The molecule has 1 aromatic rings. The van der Waals surface area contributed by atoms with E-state index >= 15 is 0 Å². The molecule has 0 unspecified atom stereocenters. The van der Waals surface area contributed by atoms with Crippen molar-refractivity contribution in [2.24, 2.45) is 0 Å². The molecule has 98 valence electrons. The zero-order chi connectivity index (χ0) is 13.0. The van der Waals surface area contributed by atoms with Crippen LogP contribution in [-0.4, -0.2) is 41.9 Å². The summed E-state index contributed by atoms with van der Waals surface area (Å²) in [5.41, 5.74) is 2.70. The minimum Gasteiger partial charge on any atom is -0.337 e. The number of nitrogens with zero attached hydrogens (tertiary/aromatic N) is 2. The quantitative estimate of drug-likeness (QED) is 0.810. The summed E-state index contributed by atoms with van der Waals surface area (Å²) in [5.74, 6) is 0.258. The largest absolute Gasteiger partial charge is 0.337 e. The van der Waals surface area contributed by atoms with Gasteiger partial charge in [-0.15, -0.1) is 0 Å². The number of hydrogen-bond acceptors (Lipinski definition) is 2. The van der Waals surface area contributed by atoms with E-state index in [4.69, 9.17) is 0 Å². The molecule has 1 amide bonds. The molecule has 1 heterocycles. The maximum Gasteiger partial charge on any atom is 0.237 e. The van der Waals surface area contributed by atoms with Crippen LogP contribution in [0, 0.1) is 0 Å². The van der Waals surface area contributed by atoms with Crippen molar-refractivity contribution >= 4 is 5.91 Å². The van der Waals surface area contributed by atoms with Crippen LogP contribution < -0.4 is 0 Å². The molecule has 0 atom stereocenters. The molecule has 0 bridgehead atoms. The van der Waals surface area contributed by atoms with Gasteiger partial charge in [-0.1, -0.05) is 38.1 Å². The number of carbonyl (C=O) groups is 1. The van der Waals surface area contributed by atoms with Crippen molar-refractivity contribution < 1.29 is 4.79 Å². The van der Waals surface area contributed by atoms with E-state index in [9.17, 15) is 4.79 Å². The number of carbonyl (C=O) groups excluding carboxylic acids is 1. The zero-order valence-electron chi connectivity index (χ0n) is 11.4. The van der Waals surface area contributed by atoms with Gasteiger partial charge in [0.05, 0.1) is 6.54 Å². The summed E-state index contributed by atoms with van der Waals surface area (Å²) in [4.78, 5) is 16.4. The highest BCUT2D eigenvalue weighted by Crippen LogP contribution is 2.18. The zero-order valence-corrected chi connectivity index (χ0v) is 11.4. The Morgan fingerprint density at radius 2 is 1.89 bits per heavy atom. The smallest absolute Gasteiger partial charge is 0.237 e. The average molecular weight is 246 g/mol. The summed E-state index contributed by atoms with van der Waals surface area (Å²) in [6, 6.07) is 8.43. The summed E-state index contributed by atoms with van der Waals surface area (Å²) in [7, 11) is 0. The number of amides is 1. The highest BCUT2D eigenvalue weighted by Gasteiger charge is 2.21. The Labute approximate surface area is 109 Å². The van der Waals surface area contributed by atoms with Crippen molar-refractivity contribution in [2.75, 3.05) is 26.2 Å². The van der Waals surface area contributed by atoms with Gasteiger partial charge in [-0.3, -0.25) is 9.69 Å². The highest BCUT2D eigenvalue weighted by atomic mass is 16.2. The van der Waals surface area contributed by atoms with Gasteiger partial charge in [-0.25, -0.2) is 0 Å². The first kappa shape index (κ1) is 13.1. The van der Waals surface area contributed by atoms with Gasteiger partial charge in [0.25, 0.3) is 0 Å². The molecule has 0 aromatic heterocycles. The number of hydrogen-bond donors (Lipinski definition) is 0. The molecule has 0 fully saturated rings. The number of likely N-dealkylation sites (N-methyl/N-ethyl adjacent to an activating group) is 1. The van der Waals surface area contributed by atoms with Gasteiger partial charge in [0, 0.05) is 13.1 Å². The van der Waals surface area contributed by atoms with Crippen molar-refractivity contribution in [1.29, 1.82) is 0 Å². The summed E-state index contributed by atoms with van der Waals surface area (Å²) >= 11 is 0. The number of fused-ring (bicyclic) bond motifs is 1. The van der Waals surface area contributed by atoms with Gasteiger partial charge in [0.15, 0.2) is 0 Å². The summed E-state index contributed by atoms with van der Waals surface area (Å²) in [6.45, 7) is 8.26. The molecule has 3 heteroatoms. The Bertz CT molecular complexity index is 413. The Kier molecular flexibility index (Phi) is 4.37. The molecule has 0 radical (unpaired) electrons. The van der Waals surface area contributed by atoms with Crippen molar-refractivity contribution in [3.63, 3.8) is 0 Å². The second-order valence-electron chi connectivity index (χ2n) is 4.80. The Balaban J connectivity index is 1.98. The average Bonchev–Trinajstić information content (AvgIpc) is 2.44. The van der Waals surface area contributed by atoms with Crippen LogP contribution in [0.3, 0.4) is 0 Å². The molecular formula is C15H22N2O. The third-order valence-corrected chi connectivity index (χ3v) is 3.74. The minimum atomic E-state index is 0.258. The van der Waals surface area contributed by atoms with Crippen molar-refractivity contribution in [3.8, 4) is 0 Å². The number of rotatable bonds is 4. The second-order valence-corrected chi connectivity index (χ2v) is 4.80. The molecule has 0 spiro atoms. The normalized spacial score (nSPS) is 14.7. The van der Waals surface area contributed by atoms with E-state index in [-0.39, 0.29) is 5.91 Å². The lowest BCUT2D eigenvalue weighted by molar-refractivity contribution is -0.133. The van der Waals surface area contributed by atoms with Gasteiger partial charge in [0.2, 0.25) is 5.91 Å². The molecule has 0 N–H and O–H groups in total. The van der Waals surface area contributed by atoms with Crippen molar-refractivity contribution in [3.05, 3.63) is 35.4 Å². The van der Waals surface area contributed by atoms with Crippen LogP contribution >= 0.6 is 0 Å². The first-order valence-electron chi connectivity index (χ1n) is 6.81. The predicted molar refractivity (Wildman–Crippen MR) is 73.4 cm³/mol. The van der Waals surface area contributed by atoms with Gasteiger partial charge in [-0.2, -0.15) is 0 Å². The molecule has 0 aliphatic carbocycles. The van der Waals surface area contributed by atoms with Crippen LogP contribution in [0.2, 0.25) is 0 Å². The third kappa shape index (κ3) is 2.91. The van der Waals surface area contributed by atoms with E-state index in [2.05, 4.69) is 43.0 Å². The van der Waals surface area contributed by atoms with E-state index in [1.54, 1.807) is 0 Å². The highest BCUT2D eigenvalue weighted by molar-refractivity contribution is 5.78. The van der Waals surface area contributed by atoms with Crippen molar-refractivity contribution in [2.45, 2.75) is 26.8 Å². The van der Waals surface area contributed by atoms with Gasteiger partial charge in [0.1, 0.15) is 0 Å². The molecule has 2 rings (SSSR count). The molecule has 18 heavy (non-hydrogen) atoms. The lowest BCUT2D eigenvalue weighted by Crippen LogP contribution is -2.42. The topological polar surface area (TPSA) is 23.6 Å². The lowest BCUT2D eigenvalue weighted by atomic mass is 10.00. The van der Waals surface area contributed by atoms with E-state index < -0.39 is 0 Å². The summed E-state index contributed by atoms with van der Waals surface area (Å²) in [6.07, 6.45) is 0.986. The molecule has 1 aliphatic rings. The maximum atomic E-state index is 12.2. The van der Waals surface area contributed by atoms with Crippen LogP contribution in [0.4, 0.5) is 0 Å². The second kappa shape index (κ2) is 6.01. The maximum absolute atomic E-state index is 12.2. The van der Waals surface area contributed by atoms with E-state index in [0.29, 0.717) is 6.54 Å².